The van der Waals surface area contributed by atoms with Crippen LogP contribution in [0.4, 0.5) is 4.39 Å². The maximum Gasteiger partial charge on any atom is 0.169 e. The number of Topliss-reactive ketones (excluding diaryl/α,β-unsaturated/α-hetero) is 1. The molecule has 3 heterocycles. The summed E-state index contributed by atoms with van der Waals surface area (Å²) in [6, 6.07) is 6.64. The number of halogens is 1. The van der Waals surface area contributed by atoms with E-state index in [2.05, 4.69) is 4.98 Å². The van der Waals surface area contributed by atoms with Gasteiger partial charge >= 0.3 is 0 Å². The third kappa shape index (κ3) is 2.23. The molecule has 1 aromatic heterocycles. The number of nitrogens with zero attached hydrogens (tertiary/aromatic N) is 1. The van der Waals surface area contributed by atoms with E-state index in [-0.39, 0.29) is 29.5 Å². The van der Waals surface area contributed by atoms with Crippen molar-refractivity contribution in [3.05, 3.63) is 41.8 Å². The summed E-state index contributed by atoms with van der Waals surface area (Å²) in [5, 5.41) is 0.803. The van der Waals surface area contributed by atoms with E-state index in [9.17, 15) is 9.18 Å². The van der Waals surface area contributed by atoms with Gasteiger partial charge in [-0.15, -0.1) is 0 Å². The van der Waals surface area contributed by atoms with E-state index in [1.165, 1.54) is 6.07 Å². The van der Waals surface area contributed by atoms with Gasteiger partial charge in [-0.05, 0) is 37.8 Å². The Bertz CT molecular complexity index is 703. The molecule has 4 heteroatoms. The zero-order valence-electron chi connectivity index (χ0n) is 11.6. The second-order valence-corrected chi connectivity index (χ2v) is 6.02. The highest BCUT2D eigenvalue weighted by Gasteiger charge is 2.38. The molecule has 2 aliphatic rings. The molecule has 2 aromatic rings. The number of carbonyl (C=O) groups excluding carboxylic acids is 1. The van der Waals surface area contributed by atoms with Gasteiger partial charge in [-0.1, -0.05) is 6.07 Å². The van der Waals surface area contributed by atoms with Gasteiger partial charge < -0.3 is 4.74 Å². The SMILES string of the molecule is O=C(c1cc2cccnc2cc1F)C1CC2CCC(C1)O2. The van der Waals surface area contributed by atoms with Gasteiger partial charge in [0.15, 0.2) is 5.78 Å². The normalized spacial score (nSPS) is 28.0. The summed E-state index contributed by atoms with van der Waals surface area (Å²) in [4.78, 5) is 16.8. The Kier molecular flexibility index (Phi) is 3.00. The summed E-state index contributed by atoms with van der Waals surface area (Å²) >= 11 is 0. The molecule has 2 unspecified atom stereocenters. The fourth-order valence-corrected chi connectivity index (χ4v) is 3.58. The molecular weight excluding hydrogens is 269 g/mol. The van der Waals surface area contributed by atoms with Crippen molar-refractivity contribution in [3.63, 3.8) is 0 Å². The van der Waals surface area contributed by atoms with Gasteiger partial charge in [-0.3, -0.25) is 9.78 Å². The van der Waals surface area contributed by atoms with Crippen LogP contribution in [0.3, 0.4) is 0 Å². The van der Waals surface area contributed by atoms with Crippen molar-refractivity contribution >= 4 is 16.7 Å². The molecule has 2 fully saturated rings. The lowest BCUT2D eigenvalue weighted by Crippen LogP contribution is -2.30. The maximum absolute atomic E-state index is 14.2. The number of pyridine rings is 1. The third-order valence-electron chi connectivity index (χ3n) is 4.62. The Labute approximate surface area is 122 Å². The van der Waals surface area contributed by atoms with E-state index in [1.807, 2.05) is 6.07 Å². The highest BCUT2D eigenvalue weighted by atomic mass is 19.1. The minimum absolute atomic E-state index is 0.0848. The summed E-state index contributed by atoms with van der Waals surface area (Å²) < 4.78 is 20.0. The Morgan fingerprint density at radius 2 is 2.00 bits per heavy atom. The first-order valence-corrected chi connectivity index (χ1v) is 7.44. The lowest BCUT2D eigenvalue weighted by atomic mass is 9.87. The third-order valence-corrected chi connectivity index (χ3v) is 4.62. The van der Waals surface area contributed by atoms with Crippen LogP contribution in [-0.4, -0.2) is 23.0 Å². The Balaban J connectivity index is 1.69. The molecule has 0 spiro atoms. The first-order chi connectivity index (χ1) is 10.2. The highest BCUT2D eigenvalue weighted by molar-refractivity contribution is 6.01. The van der Waals surface area contributed by atoms with Crippen LogP contribution in [0.25, 0.3) is 10.9 Å². The molecule has 0 aliphatic carbocycles. The topological polar surface area (TPSA) is 39.2 Å². The number of benzene rings is 1. The lowest BCUT2D eigenvalue weighted by Gasteiger charge is -2.27. The van der Waals surface area contributed by atoms with E-state index < -0.39 is 5.82 Å². The number of aromatic nitrogens is 1. The molecule has 21 heavy (non-hydrogen) atoms. The van der Waals surface area contributed by atoms with E-state index in [0.29, 0.717) is 5.52 Å². The van der Waals surface area contributed by atoms with Crippen molar-refractivity contribution in [1.82, 2.24) is 4.98 Å². The predicted molar refractivity (Wildman–Crippen MR) is 76.7 cm³/mol. The van der Waals surface area contributed by atoms with Crippen LogP contribution in [0.2, 0.25) is 0 Å². The Hall–Kier alpha value is -1.81. The van der Waals surface area contributed by atoms with E-state index >= 15 is 0 Å². The molecule has 0 radical (unpaired) electrons. The fraction of sp³-hybridized carbons (Fsp3) is 0.412. The van der Waals surface area contributed by atoms with Crippen molar-refractivity contribution in [2.45, 2.75) is 37.9 Å². The minimum Gasteiger partial charge on any atom is -0.375 e. The van der Waals surface area contributed by atoms with Gasteiger partial charge in [0.2, 0.25) is 0 Å². The van der Waals surface area contributed by atoms with Crippen LogP contribution < -0.4 is 0 Å². The second kappa shape index (κ2) is 4.88. The molecule has 0 saturated carbocycles. The monoisotopic (exact) mass is 285 g/mol. The number of rotatable bonds is 2. The van der Waals surface area contributed by atoms with Crippen LogP contribution in [0.5, 0.6) is 0 Å². The molecule has 1 aromatic carbocycles. The predicted octanol–water partition coefficient (Wildman–Crippen LogP) is 3.51. The summed E-state index contributed by atoms with van der Waals surface area (Å²) in [6.45, 7) is 0. The maximum atomic E-state index is 14.2. The van der Waals surface area contributed by atoms with Crippen LogP contribution in [0, 0.1) is 11.7 Å². The average molecular weight is 285 g/mol. The molecule has 2 bridgehead atoms. The van der Waals surface area contributed by atoms with Gasteiger partial charge in [-0.25, -0.2) is 4.39 Å². The average Bonchev–Trinajstić information content (AvgIpc) is 2.84. The number of ether oxygens (including phenoxy) is 1. The van der Waals surface area contributed by atoms with Gasteiger partial charge in [0.25, 0.3) is 0 Å². The number of hydrogen-bond donors (Lipinski definition) is 0. The molecule has 2 atom stereocenters. The van der Waals surface area contributed by atoms with Crippen LogP contribution in [-0.2, 0) is 4.74 Å². The van der Waals surface area contributed by atoms with Gasteiger partial charge in [0.1, 0.15) is 5.82 Å². The molecule has 3 nitrogen and oxygen atoms in total. The zero-order valence-corrected chi connectivity index (χ0v) is 11.6. The first kappa shape index (κ1) is 12.9. The van der Waals surface area contributed by atoms with Crippen molar-refractivity contribution < 1.29 is 13.9 Å². The zero-order chi connectivity index (χ0) is 14.4. The van der Waals surface area contributed by atoms with E-state index in [0.717, 1.165) is 31.1 Å². The van der Waals surface area contributed by atoms with Crippen molar-refractivity contribution in [2.24, 2.45) is 5.92 Å². The molecular formula is C17H16FNO2. The summed E-state index contributed by atoms with van der Waals surface area (Å²) in [7, 11) is 0. The van der Waals surface area contributed by atoms with Gasteiger partial charge in [0, 0.05) is 23.6 Å². The van der Waals surface area contributed by atoms with E-state index in [1.54, 1.807) is 18.3 Å². The van der Waals surface area contributed by atoms with Crippen molar-refractivity contribution in [2.75, 3.05) is 0 Å². The first-order valence-electron chi connectivity index (χ1n) is 7.44. The van der Waals surface area contributed by atoms with Gasteiger partial charge in [0.05, 0.1) is 23.3 Å². The van der Waals surface area contributed by atoms with Crippen LogP contribution >= 0.6 is 0 Å². The number of hydrogen-bond acceptors (Lipinski definition) is 3. The molecule has 108 valence electrons. The minimum atomic E-state index is -0.468. The van der Waals surface area contributed by atoms with Crippen molar-refractivity contribution in [1.29, 1.82) is 0 Å². The Morgan fingerprint density at radius 3 is 2.76 bits per heavy atom. The molecule has 0 N–H and O–H groups in total. The standard InChI is InChI=1S/C17H16FNO2/c18-15-9-16-10(2-1-5-19-16)8-14(15)17(20)11-6-12-3-4-13(7-11)21-12/h1-2,5,8-9,11-13H,3-4,6-7H2. The fourth-order valence-electron chi connectivity index (χ4n) is 3.58. The number of carbonyl (C=O) groups is 1. The quantitative estimate of drug-likeness (QED) is 0.793. The number of fused-ring (bicyclic) bond motifs is 3. The smallest absolute Gasteiger partial charge is 0.169 e. The van der Waals surface area contributed by atoms with E-state index in [4.69, 9.17) is 4.74 Å². The second-order valence-electron chi connectivity index (χ2n) is 6.02. The molecule has 0 amide bonds. The largest absolute Gasteiger partial charge is 0.375 e. The molecule has 2 aliphatic heterocycles. The van der Waals surface area contributed by atoms with Crippen molar-refractivity contribution in [3.8, 4) is 0 Å². The van der Waals surface area contributed by atoms with Crippen LogP contribution in [0.1, 0.15) is 36.0 Å². The Morgan fingerprint density at radius 1 is 1.24 bits per heavy atom. The summed E-state index contributed by atoms with van der Waals surface area (Å²) in [5.41, 5.74) is 0.778. The summed E-state index contributed by atoms with van der Waals surface area (Å²) in [6.07, 6.45) is 5.49. The van der Waals surface area contributed by atoms with Crippen LogP contribution in [0.15, 0.2) is 30.5 Å². The summed E-state index contributed by atoms with van der Waals surface area (Å²) in [5.74, 6) is -0.664. The highest BCUT2D eigenvalue weighted by Crippen LogP contribution is 2.37. The lowest BCUT2D eigenvalue weighted by molar-refractivity contribution is -0.0149. The molecule has 2 saturated heterocycles. The van der Waals surface area contributed by atoms with Gasteiger partial charge in [-0.2, -0.15) is 0 Å². The molecule has 4 rings (SSSR count). The number of ketones is 1.